The minimum atomic E-state index is -5.46. The molecule has 0 aromatic heterocycles. The average Bonchev–Trinajstić information content (AvgIpc) is 2.96. The molecule has 0 spiro atoms. The second-order valence-corrected chi connectivity index (χ2v) is 8.98. The van der Waals surface area contributed by atoms with Crippen LogP contribution in [0.25, 0.3) is 0 Å². The SMILES string of the molecule is O=C1C=C2CC[C@@H]3[C@H](CC[C@]4(CC(F)(F)C(F)(F)F)CCC[C@@H]34)[C@H]2CC1. The first-order chi connectivity index (χ1) is 12.1. The highest BCUT2D eigenvalue weighted by Gasteiger charge is 2.64. The van der Waals surface area contributed by atoms with E-state index < -0.39 is 23.9 Å². The number of hydrogen-bond acceptors (Lipinski definition) is 1. The van der Waals surface area contributed by atoms with Crippen LogP contribution in [0.1, 0.15) is 64.2 Å². The molecule has 5 atom stereocenters. The van der Waals surface area contributed by atoms with Gasteiger partial charge in [0.2, 0.25) is 0 Å². The minimum Gasteiger partial charge on any atom is -0.295 e. The predicted octanol–water partition coefficient (Wildman–Crippen LogP) is 6.09. The van der Waals surface area contributed by atoms with Gasteiger partial charge >= 0.3 is 12.1 Å². The summed E-state index contributed by atoms with van der Waals surface area (Å²) in [6.45, 7) is 0. The Morgan fingerprint density at radius 2 is 1.73 bits per heavy atom. The first-order valence-electron chi connectivity index (χ1n) is 9.81. The molecule has 0 N–H and O–H groups in total. The fourth-order valence-electron chi connectivity index (χ4n) is 6.82. The molecule has 3 saturated carbocycles. The van der Waals surface area contributed by atoms with E-state index in [1.54, 1.807) is 6.08 Å². The molecule has 0 aromatic carbocycles. The fraction of sp³-hybridized carbons (Fsp3) is 0.850. The van der Waals surface area contributed by atoms with Crippen LogP contribution in [0.3, 0.4) is 0 Å². The van der Waals surface area contributed by atoms with Gasteiger partial charge in [0.05, 0.1) is 0 Å². The second kappa shape index (κ2) is 6.03. The Morgan fingerprint density at radius 3 is 2.46 bits per heavy atom. The molecule has 0 radical (unpaired) electrons. The largest absolute Gasteiger partial charge is 0.453 e. The monoisotopic (exact) mass is 376 g/mol. The van der Waals surface area contributed by atoms with E-state index in [-0.39, 0.29) is 17.6 Å². The van der Waals surface area contributed by atoms with E-state index in [4.69, 9.17) is 0 Å². The zero-order valence-corrected chi connectivity index (χ0v) is 14.8. The highest BCUT2D eigenvalue weighted by atomic mass is 19.4. The molecule has 0 heterocycles. The summed E-state index contributed by atoms with van der Waals surface area (Å²) >= 11 is 0. The lowest BCUT2D eigenvalue weighted by atomic mass is 9.51. The van der Waals surface area contributed by atoms with Crippen LogP contribution in [0.4, 0.5) is 22.0 Å². The molecule has 26 heavy (non-hydrogen) atoms. The van der Waals surface area contributed by atoms with Crippen LogP contribution in [0, 0.1) is 29.1 Å². The lowest BCUT2D eigenvalue weighted by Gasteiger charge is -2.54. The third-order valence-electron chi connectivity index (χ3n) is 7.82. The van der Waals surface area contributed by atoms with Crippen LogP contribution in [0.15, 0.2) is 11.6 Å². The van der Waals surface area contributed by atoms with Crippen molar-refractivity contribution < 1.29 is 26.7 Å². The van der Waals surface area contributed by atoms with Gasteiger partial charge in [-0.15, -0.1) is 0 Å². The molecule has 4 aliphatic rings. The first kappa shape index (κ1) is 18.4. The average molecular weight is 376 g/mol. The number of rotatable bonds is 2. The maximum Gasteiger partial charge on any atom is 0.453 e. The van der Waals surface area contributed by atoms with Crippen LogP contribution in [0.5, 0.6) is 0 Å². The van der Waals surface area contributed by atoms with Crippen molar-refractivity contribution in [1.29, 1.82) is 0 Å². The number of alkyl halides is 5. The standard InChI is InChI=1S/C20H25F5O/c21-19(22,20(23,24)25)11-18-8-1-2-17(18)16-5-3-12-10-13(26)4-6-14(12)15(16)7-9-18/h10,14-17H,1-9,11H2/t14-,15+,16+,17-,18-/m0/s1. The first-order valence-corrected chi connectivity index (χ1v) is 9.81. The fourth-order valence-corrected chi connectivity index (χ4v) is 6.82. The van der Waals surface area contributed by atoms with Crippen LogP contribution in [0.2, 0.25) is 0 Å². The summed E-state index contributed by atoms with van der Waals surface area (Å²) in [6, 6.07) is 0. The van der Waals surface area contributed by atoms with E-state index >= 15 is 0 Å². The quantitative estimate of drug-likeness (QED) is 0.533. The van der Waals surface area contributed by atoms with Gasteiger partial charge in [0.1, 0.15) is 0 Å². The molecule has 4 rings (SSSR count). The molecular weight excluding hydrogens is 351 g/mol. The van der Waals surface area contributed by atoms with Crippen molar-refractivity contribution in [2.45, 2.75) is 76.3 Å². The predicted molar refractivity (Wildman–Crippen MR) is 86.7 cm³/mol. The molecule has 0 aliphatic heterocycles. The van der Waals surface area contributed by atoms with Crippen LogP contribution >= 0.6 is 0 Å². The van der Waals surface area contributed by atoms with Crippen molar-refractivity contribution in [2.24, 2.45) is 29.1 Å². The van der Waals surface area contributed by atoms with Crippen molar-refractivity contribution in [3.05, 3.63) is 11.6 Å². The Hall–Kier alpha value is -0.940. The zero-order chi connectivity index (χ0) is 18.7. The van der Waals surface area contributed by atoms with Gasteiger partial charge in [-0.2, -0.15) is 22.0 Å². The molecule has 0 saturated heterocycles. The van der Waals surface area contributed by atoms with Gasteiger partial charge in [-0.05, 0) is 80.1 Å². The molecule has 6 heteroatoms. The number of carbonyl (C=O) groups excluding carboxylic acids is 1. The summed E-state index contributed by atoms with van der Waals surface area (Å²) in [5, 5.41) is 0. The van der Waals surface area contributed by atoms with Gasteiger partial charge < -0.3 is 0 Å². The number of halogens is 5. The Labute approximate surface area is 150 Å². The maximum atomic E-state index is 13.9. The topological polar surface area (TPSA) is 17.1 Å². The molecule has 4 aliphatic carbocycles. The summed E-state index contributed by atoms with van der Waals surface area (Å²) in [5.74, 6) is -3.50. The highest BCUT2D eigenvalue weighted by Crippen LogP contribution is 2.65. The molecule has 1 nitrogen and oxygen atoms in total. The van der Waals surface area contributed by atoms with Gasteiger partial charge in [-0.25, -0.2) is 0 Å². The van der Waals surface area contributed by atoms with E-state index in [9.17, 15) is 26.7 Å². The lowest BCUT2D eigenvalue weighted by molar-refractivity contribution is -0.297. The van der Waals surface area contributed by atoms with Gasteiger partial charge in [0.15, 0.2) is 5.78 Å². The van der Waals surface area contributed by atoms with E-state index in [0.29, 0.717) is 31.1 Å². The Bertz CT molecular complexity index is 622. The van der Waals surface area contributed by atoms with Crippen molar-refractivity contribution in [3.8, 4) is 0 Å². The molecule has 3 fully saturated rings. The summed E-state index contributed by atoms with van der Waals surface area (Å²) in [7, 11) is 0. The van der Waals surface area contributed by atoms with E-state index in [0.717, 1.165) is 38.5 Å². The molecule has 0 bridgehead atoms. The smallest absolute Gasteiger partial charge is 0.295 e. The minimum absolute atomic E-state index is 0.0198. The van der Waals surface area contributed by atoms with Gasteiger partial charge in [0, 0.05) is 12.8 Å². The van der Waals surface area contributed by atoms with E-state index in [2.05, 4.69) is 0 Å². The number of allylic oxidation sites excluding steroid dienone is 1. The van der Waals surface area contributed by atoms with Crippen molar-refractivity contribution >= 4 is 5.78 Å². The normalized spacial score (nSPS) is 40.5. The van der Waals surface area contributed by atoms with Crippen LogP contribution in [-0.2, 0) is 4.79 Å². The summed E-state index contributed by atoms with van der Waals surface area (Å²) in [6.07, 6.45) is 1.52. The third kappa shape index (κ3) is 2.82. The number of ketones is 1. The molecule has 0 unspecified atom stereocenters. The zero-order valence-electron chi connectivity index (χ0n) is 14.8. The molecule has 0 aromatic rings. The summed E-state index contributed by atoms with van der Waals surface area (Å²) in [5.41, 5.74) is 0.347. The highest BCUT2D eigenvalue weighted by molar-refractivity contribution is 5.91. The van der Waals surface area contributed by atoms with E-state index in [1.165, 1.54) is 5.57 Å². The summed E-state index contributed by atoms with van der Waals surface area (Å²) in [4.78, 5) is 11.7. The van der Waals surface area contributed by atoms with Crippen LogP contribution < -0.4 is 0 Å². The molecular formula is C20H25F5O. The third-order valence-corrected chi connectivity index (χ3v) is 7.82. The number of hydrogen-bond donors (Lipinski definition) is 0. The number of fused-ring (bicyclic) bond motifs is 5. The van der Waals surface area contributed by atoms with Gasteiger partial charge in [0.25, 0.3) is 0 Å². The van der Waals surface area contributed by atoms with Gasteiger partial charge in [-0.3, -0.25) is 4.79 Å². The van der Waals surface area contributed by atoms with Crippen molar-refractivity contribution in [1.82, 2.24) is 0 Å². The van der Waals surface area contributed by atoms with Crippen LogP contribution in [-0.4, -0.2) is 17.9 Å². The van der Waals surface area contributed by atoms with Gasteiger partial charge in [-0.1, -0.05) is 12.0 Å². The van der Waals surface area contributed by atoms with Crippen molar-refractivity contribution in [2.75, 3.05) is 0 Å². The molecule has 146 valence electrons. The Morgan fingerprint density at radius 1 is 0.962 bits per heavy atom. The molecule has 0 amide bonds. The van der Waals surface area contributed by atoms with Crippen molar-refractivity contribution in [3.63, 3.8) is 0 Å². The Balaban J connectivity index is 1.59. The number of carbonyl (C=O) groups is 1. The maximum absolute atomic E-state index is 13.9. The second-order valence-electron chi connectivity index (χ2n) is 8.98. The van der Waals surface area contributed by atoms with E-state index in [1.807, 2.05) is 0 Å². The lowest BCUT2D eigenvalue weighted by Crippen LogP contribution is -2.50. The summed E-state index contributed by atoms with van der Waals surface area (Å²) < 4.78 is 66.4. The Kier molecular flexibility index (Phi) is 4.27.